The van der Waals surface area contributed by atoms with Crippen molar-refractivity contribution < 1.29 is 4.79 Å². The van der Waals surface area contributed by atoms with Gasteiger partial charge in [0.15, 0.2) is 0 Å². The van der Waals surface area contributed by atoms with E-state index in [2.05, 4.69) is 11.4 Å². The van der Waals surface area contributed by atoms with E-state index >= 15 is 0 Å². The van der Waals surface area contributed by atoms with E-state index in [4.69, 9.17) is 5.26 Å². The molecule has 0 bridgehead atoms. The molecule has 0 aliphatic carbocycles. The van der Waals surface area contributed by atoms with Crippen molar-refractivity contribution in [2.45, 2.75) is 26.2 Å². The summed E-state index contributed by atoms with van der Waals surface area (Å²) in [5, 5.41) is 14.3. The largest absolute Gasteiger partial charge is 0.318 e. The Labute approximate surface area is 87.4 Å². The molecule has 0 spiro atoms. The second-order valence-corrected chi connectivity index (χ2v) is 3.89. The van der Waals surface area contributed by atoms with Crippen LogP contribution >= 0.6 is 11.3 Å². The lowest BCUT2D eigenvalue weighted by Crippen LogP contribution is -2.07. The first-order chi connectivity index (χ1) is 6.69. The molecule has 0 aromatic carbocycles. The van der Waals surface area contributed by atoms with Crippen LogP contribution in [-0.4, -0.2) is 5.91 Å². The maximum Gasteiger partial charge on any atom is 0.221 e. The Morgan fingerprint density at radius 2 is 2.50 bits per heavy atom. The first kappa shape index (κ1) is 10.7. The number of rotatable bonds is 3. The molecule has 3 nitrogen and oxygen atoms in total. The number of nitrogens with zero attached hydrogens (tertiary/aromatic N) is 1. The summed E-state index contributed by atoms with van der Waals surface area (Å²) in [6, 6.07) is 4.12. The Balaban J connectivity index is 2.92. The summed E-state index contributed by atoms with van der Waals surface area (Å²) < 4.78 is 0. The van der Waals surface area contributed by atoms with E-state index in [-0.39, 0.29) is 11.8 Å². The molecule has 74 valence electrons. The topological polar surface area (TPSA) is 52.9 Å². The molecule has 0 radical (unpaired) electrons. The van der Waals surface area contributed by atoms with Gasteiger partial charge in [-0.15, -0.1) is 11.3 Å². The van der Waals surface area contributed by atoms with Crippen LogP contribution in [0.4, 0.5) is 5.00 Å². The van der Waals surface area contributed by atoms with Crippen LogP contribution in [0.2, 0.25) is 0 Å². The number of nitriles is 1. The van der Waals surface area contributed by atoms with Gasteiger partial charge in [-0.25, -0.2) is 0 Å². The Morgan fingerprint density at radius 1 is 1.79 bits per heavy atom. The lowest BCUT2D eigenvalue weighted by atomic mass is 10.0. The molecule has 1 aromatic rings. The predicted octanol–water partition coefficient (Wildman–Crippen LogP) is 2.72. The van der Waals surface area contributed by atoms with Gasteiger partial charge in [0.1, 0.15) is 0 Å². The number of carbonyl (C=O) groups is 1. The van der Waals surface area contributed by atoms with Crippen molar-refractivity contribution in [1.82, 2.24) is 0 Å². The highest BCUT2D eigenvalue weighted by atomic mass is 32.1. The van der Waals surface area contributed by atoms with Crippen molar-refractivity contribution in [1.29, 1.82) is 5.26 Å². The number of amides is 1. The van der Waals surface area contributed by atoms with Crippen molar-refractivity contribution >= 4 is 22.2 Å². The molecule has 1 atom stereocenters. The van der Waals surface area contributed by atoms with Crippen molar-refractivity contribution in [3.63, 3.8) is 0 Å². The maximum absolute atomic E-state index is 10.9. The molecule has 1 N–H and O–H groups in total. The number of hydrogen-bond donors (Lipinski definition) is 1. The standard InChI is InChI=1S/C10H12N2OS/c1-3-8(6-11)9-4-5-14-10(9)12-7(2)13/h4-5,8H,3H2,1-2H3,(H,12,13). The SMILES string of the molecule is CCC(C#N)c1ccsc1NC(C)=O. The molecule has 1 heterocycles. The van der Waals surface area contributed by atoms with Crippen molar-refractivity contribution in [3.8, 4) is 6.07 Å². The molecule has 0 saturated carbocycles. The third-order valence-electron chi connectivity index (χ3n) is 1.92. The lowest BCUT2D eigenvalue weighted by molar-refractivity contribution is -0.114. The molecular formula is C10H12N2OS. The zero-order valence-electron chi connectivity index (χ0n) is 8.20. The maximum atomic E-state index is 10.9. The van der Waals surface area contributed by atoms with Gasteiger partial charge >= 0.3 is 0 Å². The smallest absolute Gasteiger partial charge is 0.221 e. The molecule has 4 heteroatoms. The fourth-order valence-electron chi connectivity index (χ4n) is 1.24. The molecule has 1 unspecified atom stereocenters. The molecule has 0 aliphatic heterocycles. The minimum Gasteiger partial charge on any atom is -0.318 e. The van der Waals surface area contributed by atoms with Crippen LogP contribution in [0.15, 0.2) is 11.4 Å². The summed E-state index contributed by atoms with van der Waals surface area (Å²) in [7, 11) is 0. The molecule has 0 aliphatic rings. The van der Waals surface area contributed by atoms with E-state index in [1.165, 1.54) is 18.3 Å². The summed E-state index contributed by atoms with van der Waals surface area (Å²) in [6.07, 6.45) is 0.764. The first-order valence-corrected chi connectivity index (χ1v) is 5.31. The van der Waals surface area contributed by atoms with Gasteiger partial charge in [0.2, 0.25) is 5.91 Å². The van der Waals surface area contributed by atoms with Crippen molar-refractivity contribution in [3.05, 3.63) is 17.0 Å². The van der Waals surface area contributed by atoms with Gasteiger partial charge in [-0.1, -0.05) is 6.92 Å². The molecular weight excluding hydrogens is 196 g/mol. The van der Waals surface area contributed by atoms with Crippen LogP contribution in [0.1, 0.15) is 31.7 Å². The van der Waals surface area contributed by atoms with Gasteiger partial charge < -0.3 is 5.32 Å². The number of anilines is 1. The average molecular weight is 208 g/mol. The molecule has 1 rings (SSSR count). The second-order valence-electron chi connectivity index (χ2n) is 2.98. The van der Waals surface area contributed by atoms with E-state index in [1.54, 1.807) is 0 Å². The van der Waals surface area contributed by atoms with E-state index in [0.717, 1.165) is 17.0 Å². The molecule has 14 heavy (non-hydrogen) atoms. The lowest BCUT2D eigenvalue weighted by Gasteiger charge is -2.07. The Bertz CT molecular complexity index is 364. The fourth-order valence-corrected chi connectivity index (χ4v) is 2.14. The van der Waals surface area contributed by atoms with Crippen LogP contribution in [0, 0.1) is 11.3 Å². The number of nitrogens with one attached hydrogen (secondary N) is 1. The van der Waals surface area contributed by atoms with Gasteiger partial charge in [-0.3, -0.25) is 4.79 Å². The zero-order chi connectivity index (χ0) is 10.6. The average Bonchev–Trinajstić information content (AvgIpc) is 2.55. The monoisotopic (exact) mass is 208 g/mol. The summed E-state index contributed by atoms with van der Waals surface area (Å²) in [5.41, 5.74) is 0.926. The van der Waals surface area contributed by atoms with Crippen LogP contribution in [0.5, 0.6) is 0 Å². The van der Waals surface area contributed by atoms with Crippen LogP contribution in [-0.2, 0) is 4.79 Å². The van der Waals surface area contributed by atoms with Gasteiger partial charge in [-0.05, 0) is 17.9 Å². The first-order valence-electron chi connectivity index (χ1n) is 4.43. The second kappa shape index (κ2) is 4.77. The molecule has 0 fully saturated rings. The summed E-state index contributed by atoms with van der Waals surface area (Å²) in [4.78, 5) is 10.9. The normalized spacial score (nSPS) is 11.8. The molecule has 1 aromatic heterocycles. The number of thiophene rings is 1. The summed E-state index contributed by atoms with van der Waals surface area (Å²) >= 11 is 1.45. The summed E-state index contributed by atoms with van der Waals surface area (Å²) in [6.45, 7) is 3.43. The number of carbonyl (C=O) groups excluding carboxylic acids is 1. The highest BCUT2D eigenvalue weighted by molar-refractivity contribution is 7.14. The highest BCUT2D eigenvalue weighted by Crippen LogP contribution is 2.31. The van der Waals surface area contributed by atoms with Gasteiger partial charge in [-0.2, -0.15) is 5.26 Å². The van der Waals surface area contributed by atoms with E-state index in [0.29, 0.717) is 0 Å². The van der Waals surface area contributed by atoms with Crippen molar-refractivity contribution in [2.75, 3.05) is 5.32 Å². The van der Waals surface area contributed by atoms with E-state index in [9.17, 15) is 4.79 Å². The Hall–Kier alpha value is -1.34. The molecule has 0 saturated heterocycles. The van der Waals surface area contributed by atoms with Crippen LogP contribution in [0.3, 0.4) is 0 Å². The van der Waals surface area contributed by atoms with Gasteiger partial charge in [0.05, 0.1) is 17.0 Å². The van der Waals surface area contributed by atoms with Gasteiger partial charge in [0, 0.05) is 12.5 Å². The quantitative estimate of drug-likeness (QED) is 0.830. The predicted molar refractivity (Wildman–Crippen MR) is 57.3 cm³/mol. The third kappa shape index (κ3) is 2.33. The van der Waals surface area contributed by atoms with Crippen LogP contribution in [0.25, 0.3) is 0 Å². The summed E-state index contributed by atoms with van der Waals surface area (Å²) in [5.74, 6) is -0.218. The fraction of sp³-hybridized carbons (Fsp3) is 0.400. The van der Waals surface area contributed by atoms with E-state index < -0.39 is 0 Å². The highest BCUT2D eigenvalue weighted by Gasteiger charge is 2.14. The van der Waals surface area contributed by atoms with Crippen molar-refractivity contribution in [2.24, 2.45) is 0 Å². The number of hydrogen-bond acceptors (Lipinski definition) is 3. The minimum absolute atomic E-state index is 0.0958. The Kier molecular flexibility index (Phi) is 3.66. The van der Waals surface area contributed by atoms with Crippen LogP contribution < -0.4 is 5.32 Å². The molecule has 1 amide bonds. The Morgan fingerprint density at radius 3 is 3.00 bits per heavy atom. The third-order valence-corrected chi connectivity index (χ3v) is 2.77. The van der Waals surface area contributed by atoms with E-state index in [1.807, 2.05) is 18.4 Å². The minimum atomic E-state index is -0.122. The van der Waals surface area contributed by atoms with Gasteiger partial charge in [0.25, 0.3) is 0 Å². The zero-order valence-corrected chi connectivity index (χ0v) is 9.02.